The van der Waals surface area contributed by atoms with Gasteiger partial charge in [0, 0.05) is 20.8 Å². The summed E-state index contributed by atoms with van der Waals surface area (Å²) >= 11 is 0. The third-order valence-corrected chi connectivity index (χ3v) is 2.69. The molecule has 0 aromatic carbocycles. The van der Waals surface area contributed by atoms with Gasteiger partial charge in [0.05, 0.1) is 0 Å². The molecule has 1 saturated heterocycles. The van der Waals surface area contributed by atoms with Crippen LogP contribution in [0.4, 0.5) is 0 Å². The van der Waals surface area contributed by atoms with Crippen LogP contribution in [0, 0.1) is 11.8 Å². The Morgan fingerprint density at radius 2 is 1.45 bits per heavy atom. The highest BCUT2D eigenvalue weighted by Crippen LogP contribution is 2.27. The molecule has 0 aliphatic carbocycles. The highest BCUT2D eigenvalue weighted by atomic mass is 16.7. The van der Waals surface area contributed by atoms with Crippen LogP contribution < -0.4 is 0 Å². The van der Waals surface area contributed by atoms with Gasteiger partial charge in [-0.15, -0.1) is 5.92 Å². The van der Waals surface area contributed by atoms with Crippen LogP contribution in [-0.4, -0.2) is 53.7 Å². The maximum atomic E-state index is 11.2. The van der Waals surface area contributed by atoms with Gasteiger partial charge in [-0.05, 0) is 6.92 Å². The zero-order valence-corrected chi connectivity index (χ0v) is 12.7. The van der Waals surface area contributed by atoms with Crippen molar-refractivity contribution in [3.63, 3.8) is 0 Å². The summed E-state index contributed by atoms with van der Waals surface area (Å²) in [6.07, 6.45) is -6.35. The largest absolute Gasteiger partial charge is 0.455 e. The molecule has 1 aliphatic heterocycles. The lowest BCUT2D eigenvalue weighted by atomic mass is 9.98. The van der Waals surface area contributed by atoms with E-state index in [4.69, 9.17) is 18.9 Å². The average molecular weight is 314 g/mol. The summed E-state index contributed by atoms with van der Waals surface area (Å²) < 4.78 is 20.3. The predicted octanol–water partition coefficient (Wildman–Crippen LogP) is -0.478. The molecule has 0 aromatic heterocycles. The van der Waals surface area contributed by atoms with Crippen LogP contribution in [0.15, 0.2) is 0 Å². The Kier molecular flexibility index (Phi) is 6.34. The second-order valence-electron chi connectivity index (χ2n) is 4.57. The zero-order chi connectivity index (χ0) is 16.9. The third kappa shape index (κ3) is 4.72. The minimum atomic E-state index is -1.37. The summed E-state index contributed by atoms with van der Waals surface area (Å²) in [4.78, 5) is 33.6. The first kappa shape index (κ1) is 17.9. The minimum absolute atomic E-state index is 0.691. The van der Waals surface area contributed by atoms with E-state index in [0.717, 1.165) is 20.8 Å². The second-order valence-corrected chi connectivity index (χ2v) is 4.57. The number of rotatable bonds is 3. The molecule has 8 nitrogen and oxygen atoms in total. The second kappa shape index (κ2) is 7.77. The van der Waals surface area contributed by atoms with Crippen LogP contribution >= 0.6 is 0 Å². The van der Waals surface area contributed by atoms with Crippen LogP contribution in [0.3, 0.4) is 0 Å². The molecule has 1 heterocycles. The molecule has 8 heteroatoms. The van der Waals surface area contributed by atoms with Crippen molar-refractivity contribution in [1.82, 2.24) is 0 Å². The third-order valence-electron chi connectivity index (χ3n) is 2.69. The summed E-state index contributed by atoms with van der Waals surface area (Å²) in [5.41, 5.74) is 0. The monoisotopic (exact) mass is 314 g/mol. The topological polar surface area (TPSA) is 108 Å². The Morgan fingerprint density at radius 1 is 0.955 bits per heavy atom. The van der Waals surface area contributed by atoms with Crippen LogP contribution in [0.2, 0.25) is 0 Å². The van der Waals surface area contributed by atoms with E-state index in [0.29, 0.717) is 0 Å². The summed E-state index contributed by atoms with van der Waals surface area (Å²) in [6, 6.07) is 0. The fourth-order valence-electron chi connectivity index (χ4n) is 1.99. The molecule has 5 atom stereocenters. The lowest BCUT2D eigenvalue weighted by molar-refractivity contribution is -0.283. The smallest absolute Gasteiger partial charge is 0.305 e. The van der Waals surface area contributed by atoms with Crippen LogP contribution in [0.1, 0.15) is 27.7 Å². The van der Waals surface area contributed by atoms with E-state index in [1.165, 1.54) is 6.92 Å². The Labute approximate surface area is 127 Å². The number of esters is 3. The van der Waals surface area contributed by atoms with Crippen molar-refractivity contribution in [1.29, 1.82) is 0 Å². The molecule has 1 unspecified atom stereocenters. The van der Waals surface area contributed by atoms with Crippen molar-refractivity contribution in [2.75, 3.05) is 0 Å². The first-order valence-corrected chi connectivity index (χ1v) is 6.53. The number of aliphatic hydroxyl groups excluding tert-OH is 1. The molecule has 0 amide bonds. The molecule has 122 valence electrons. The maximum Gasteiger partial charge on any atom is 0.305 e. The fraction of sp³-hybridized carbons (Fsp3) is 0.643. The normalized spacial score (nSPS) is 30.5. The van der Waals surface area contributed by atoms with Gasteiger partial charge in [-0.3, -0.25) is 14.4 Å². The Morgan fingerprint density at radius 3 is 1.91 bits per heavy atom. The predicted molar refractivity (Wildman–Crippen MR) is 71.0 cm³/mol. The molecule has 1 fully saturated rings. The van der Waals surface area contributed by atoms with Crippen molar-refractivity contribution in [2.45, 2.75) is 58.4 Å². The van der Waals surface area contributed by atoms with Gasteiger partial charge in [0.1, 0.15) is 6.10 Å². The molecule has 1 N–H and O–H groups in total. The first-order valence-electron chi connectivity index (χ1n) is 6.53. The lowest BCUT2D eigenvalue weighted by Crippen LogP contribution is -2.60. The standard InChI is InChI=1S/C14H18O8/c1-5-6-10-11(18)12(19-7(2)15)13(20-8(3)16)14(22-10)21-9(4)17/h10-14,18H,1-4H3/t10-,11+,12+,13-,14?/m0/s1. The van der Waals surface area contributed by atoms with Crippen molar-refractivity contribution in [2.24, 2.45) is 0 Å². The lowest BCUT2D eigenvalue weighted by Gasteiger charge is -2.40. The number of carbonyl (C=O) groups is 3. The number of aliphatic hydroxyl groups is 1. The van der Waals surface area contributed by atoms with E-state index in [-0.39, 0.29) is 0 Å². The van der Waals surface area contributed by atoms with Crippen LogP contribution in [-0.2, 0) is 33.3 Å². The molecule has 0 saturated carbocycles. The SMILES string of the molecule is CC#C[C@@H]1OC(OC(C)=O)[C@@H](OC(C)=O)[C@H](OC(C)=O)[C@@H]1O. The molecular weight excluding hydrogens is 296 g/mol. The number of ether oxygens (including phenoxy) is 4. The van der Waals surface area contributed by atoms with Crippen LogP contribution in [0.5, 0.6) is 0 Å². The fourth-order valence-corrected chi connectivity index (χ4v) is 1.99. The van der Waals surface area contributed by atoms with E-state index in [2.05, 4.69) is 11.8 Å². The Balaban J connectivity index is 3.14. The van der Waals surface area contributed by atoms with Gasteiger partial charge in [-0.1, -0.05) is 5.92 Å². The van der Waals surface area contributed by atoms with E-state index in [1.807, 2.05) is 0 Å². The average Bonchev–Trinajstić information content (AvgIpc) is 2.38. The van der Waals surface area contributed by atoms with Gasteiger partial charge in [0.2, 0.25) is 12.4 Å². The molecule has 1 aliphatic rings. The molecule has 0 bridgehead atoms. The van der Waals surface area contributed by atoms with E-state index in [9.17, 15) is 19.5 Å². The minimum Gasteiger partial charge on any atom is -0.455 e. The van der Waals surface area contributed by atoms with Gasteiger partial charge < -0.3 is 24.1 Å². The summed E-state index contributed by atoms with van der Waals surface area (Å²) in [5, 5.41) is 10.2. The molecule has 1 rings (SSSR count). The number of carbonyl (C=O) groups excluding carboxylic acids is 3. The summed E-state index contributed by atoms with van der Waals surface area (Å²) in [7, 11) is 0. The Hall–Kier alpha value is -2.11. The van der Waals surface area contributed by atoms with Gasteiger partial charge in [0.15, 0.2) is 12.2 Å². The zero-order valence-electron chi connectivity index (χ0n) is 12.7. The van der Waals surface area contributed by atoms with E-state index < -0.39 is 48.6 Å². The van der Waals surface area contributed by atoms with Crippen LogP contribution in [0.25, 0.3) is 0 Å². The van der Waals surface area contributed by atoms with Crippen molar-refractivity contribution in [3.8, 4) is 11.8 Å². The van der Waals surface area contributed by atoms with Gasteiger partial charge >= 0.3 is 17.9 Å². The maximum absolute atomic E-state index is 11.2. The van der Waals surface area contributed by atoms with Gasteiger partial charge in [-0.25, -0.2) is 0 Å². The van der Waals surface area contributed by atoms with Gasteiger partial charge in [-0.2, -0.15) is 0 Å². The molecular formula is C14H18O8. The van der Waals surface area contributed by atoms with Crippen molar-refractivity contribution < 1.29 is 38.4 Å². The highest BCUT2D eigenvalue weighted by molar-refractivity contribution is 5.68. The van der Waals surface area contributed by atoms with Gasteiger partial charge in [0.25, 0.3) is 0 Å². The first-order chi connectivity index (χ1) is 10.3. The highest BCUT2D eigenvalue weighted by Gasteiger charge is 2.50. The van der Waals surface area contributed by atoms with Crippen molar-refractivity contribution >= 4 is 17.9 Å². The van der Waals surface area contributed by atoms with E-state index >= 15 is 0 Å². The summed E-state index contributed by atoms with van der Waals surface area (Å²) in [6.45, 7) is 4.92. The number of hydrogen-bond acceptors (Lipinski definition) is 8. The summed E-state index contributed by atoms with van der Waals surface area (Å²) in [5.74, 6) is 3.01. The van der Waals surface area contributed by atoms with E-state index in [1.54, 1.807) is 0 Å². The quantitative estimate of drug-likeness (QED) is 0.423. The number of hydrogen-bond donors (Lipinski definition) is 1. The molecule has 22 heavy (non-hydrogen) atoms. The molecule has 0 aromatic rings. The van der Waals surface area contributed by atoms with Crippen molar-refractivity contribution in [3.05, 3.63) is 0 Å². The Bertz CT molecular complexity index is 503. The molecule has 0 radical (unpaired) electrons. The molecule has 0 spiro atoms.